The first-order chi connectivity index (χ1) is 17.0. The second-order valence-electron chi connectivity index (χ2n) is 9.23. The van der Waals surface area contributed by atoms with Gasteiger partial charge >= 0.3 is 0 Å². The number of imidazole rings is 1. The number of aromatic nitrogens is 4. The Labute approximate surface area is 205 Å². The Hall–Kier alpha value is -3.62. The van der Waals surface area contributed by atoms with E-state index in [1.54, 1.807) is 18.3 Å². The van der Waals surface area contributed by atoms with Gasteiger partial charge in [-0.15, -0.1) is 0 Å². The molecule has 4 heterocycles. The summed E-state index contributed by atoms with van der Waals surface area (Å²) in [7, 11) is 2.17. The van der Waals surface area contributed by atoms with E-state index in [-0.39, 0.29) is 5.82 Å². The normalized spacial score (nSPS) is 14.9. The van der Waals surface area contributed by atoms with E-state index < -0.39 is 0 Å². The van der Waals surface area contributed by atoms with Crippen LogP contribution in [0.1, 0.15) is 12.5 Å². The largest absolute Gasteiger partial charge is 0.350 e. The maximum atomic E-state index is 13.7. The molecule has 5 rings (SSSR count). The van der Waals surface area contributed by atoms with Crippen LogP contribution in [-0.2, 0) is 6.54 Å². The zero-order chi connectivity index (χ0) is 24.4. The van der Waals surface area contributed by atoms with Crippen LogP contribution in [0.4, 0.5) is 10.3 Å². The van der Waals surface area contributed by atoms with E-state index in [9.17, 15) is 4.39 Å². The van der Waals surface area contributed by atoms with Crippen LogP contribution >= 0.6 is 0 Å². The van der Waals surface area contributed by atoms with Gasteiger partial charge < -0.3 is 10.2 Å². The molecule has 0 radical (unpaired) electrons. The monoisotopic (exact) mass is 471 g/mol. The highest BCUT2D eigenvalue weighted by Gasteiger charge is 2.19. The molecule has 1 aliphatic rings. The fourth-order valence-corrected chi connectivity index (χ4v) is 4.31. The molecule has 0 amide bonds. The van der Waals surface area contributed by atoms with Crippen molar-refractivity contribution in [2.24, 2.45) is 0 Å². The molecule has 0 bridgehead atoms. The van der Waals surface area contributed by atoms with Crippen molar-refractivity contribution in [3.63, 3.8) is 0 Å². The van der Waals surface area contributed by atoms with E-state index in [2.05, 4.69) is 56.5 Å². The maximum Gasteiger partial charge on any atom is 0.223 e. The summed E-state index contributed by atoms with van der Waals surface area (Å²) in [5, 5.41) is 3.21. The van der Waals surface area contributed by atoms with Crippen LogP contribution in [0, 0.1) is 5.82 Å². The number of likely N-dealkylation sites (N-methyl/N-ethyl adjacent to an activating group) is 1. The standard InChI is InChI=1S/C27H30FN7/c1-19(2)17-30-27-29-10-8-23(31-27)26-25(21-4-6-22(28)7-5-21)32-24-16-20(9-11-35(24)26)18-34-14-12-33(3)13-15-34/h4-11,16H,1,12-15,17-18H2,2-3H3,(H,29,30,31). The number of fused-ring (bicyclic) bond motifs is 1. The second kappa shape index (κ2) is 9.93. The molecule has 35 heavy (non-hydrogen) atoms. The summed E-state index contributed by atoms with van der Waals surface area (Å²) in [6.45, 7) is 11.6. The van der Waals surface area contributed by atoms with Gasteiger partial charge in [-0.1, -0.05) is 12.2 Å². The van der Waals surface area contributed by atoms with Crippen LogP contribution in [-0.4, -0.2) is 68.9 Å². The first-order valence-electron chi connectivity index (χ1n) is 11.9. The summed E-state index contributed by atoms with van der Waals surface area (Å²) in [5.74, 6) is 0.249. The number of nitrogens with zero attached hydrogens (tertiary/aromatic N) is 6. The Morgan fingerprint density at radius 1 is 1.06 bits per heavy atom. The molecule has 180 valence electrons. The minimum Gasteiger partial charge on any atom is -0.350 e. The van der Waals surface area contributed by atoms with Crippen LogP contribution in [0.15, 0.2) is 67.0 Å². The number of anilines is 1. The number of pyridine rings is 1. The highest BCUT2D eigenvalue weighted by molar-refractivity contribution is 5.80. The van der Waals surface area contributed by atoms with Crippen LogP contribution in [0.2, 0.25) is 0 Å². The predicted octanol–water partition coefficient (Wildman–Crippen LogP) is 4.33. The number of hydrogen-bond donors (Lipinski definition) is 1. The molecule has 0 saturated carbocycles. The summed E-state index contributed by atoms with van der Waals surface area (Å²) in [6, 6.07) is 12.6. The molecule has 8 heteroatoms. The van der Waals surface area contributed by atoms with Gasteiger partial charge in [-0.2, -0.15) is 0 Å². The minimum absolute atomic E-state index is 0.276. The Bertz CT molecular complexity index is 1340. The molecule has 1 aliphatic heterocycles. The first kappa shape index (κ1) is 23.1. The van der Waals surface area contributed by atoms with E-state index in [1.807, 2.05) is 13.0 Å². The van der Waals surface area contributed by atoms with Crippen molar-refractivity contribution in [2.75, 3.05) is 45.1 Å². The highest BCUT2D eigenvalue weighted by atomic mass is 19.1. The molecular formula is C27H30FN7. The molecule has 0 unspecified atom stereocenters. The third kappa shape index (κ3) is 5.23. The Morgan fingerprint density at radius 3 is 2.57 bits per heavy atom. The number of piperazine rings is 1. The highest BCUT2D eigenvalue weighted by Crippen LogP contribution is 2.32. The fourth-order valence-electron chi connectivity index (χ4n) is 4.31. The zero-order valence-corrected chi connectivity index (χ0v) is 20.2. The number of benzene rings is 1. The Balaban J connectivity index is 1.55. The molecule has 1 fully saturated rings. The van der Waals surface area contributed by atoms with Crippen molar-refractivity contribution >= 4 is 11.6 Å². The van der Waals surface area contributed by atoms with Gasteiger partial charge in [0.2, 0.25) is 5.95 Å². The van der Waals surface area contributed by atoms with Gasteiger partial charge in [0.05, 0.1) is 17.1 Å². The summed E-state index contributed by atoms with van der Waals surface area (Å²) in [4.78, 5) is 18.9. The Morgan fingerprint density at radius 2 is 1.83 bits per heavy atom. The first-order valence-corrected chi connectivity index (χ1v) is 11.9. The minimum atomic E-state index is -0.276. The average molecular weight is 472 g/mol. The van der Waals surface area contributed by atoms with Crippen molar-refractivity contribution in [1.82, 2.24) is 29.2 Å². The molecule has 1 aromatic carbocycles. The summed E-state index contributed by atoms with van der Waals surface area (Å²) < 4.78 is 15.7. The zero-order valence-electron chi connectivity index (χ0n) is 20.2. The van der Waals surface area contributed by atoms with Crippen LogP contribution in [0.5, 0.6) is 0 Å². The quantitative estimate of drug-likeness (QED) is 0.405. The van der Waals surface area contributed by atoms with Gasteiger partial charge in [0.15, 0.2) is 0 Å². The van der Waals surface area contributed by atoms with Crippen molar-refractivity contribution < 1.29 is 4.39 Å². The third-order valence-corrected chi connectivity index (χ3v) is 6.26. The Kier molecular flexibility index (Phi) is 6.57. The van der Waals surface area contributed by atoms with Gasteiger partial charge in [0.25, 0.3) is 0 Å². The van der Waals surface area contributed by atoms with Crippen molar-refractivity contribution in [3.05, 3.63) is 78.4 Å². The lowest BCUT2D eigenvalue weighted by Gasteiger charge is -2.32. The third-order valence-electron chi connectivity index (χ3n) is 6.26. The second-order valence-corrected chi connectivity index (χ2v) is 9.23. The average Bonchev–Trinajstić information content (AvgIpc) is 3.23. The van der Waals surface area contributed by atoms with Crippen LogP contribution < -0.4 is 5.32 Å². The smallest absolute Gasteiger partial charge is 0.223 e. The van der Waals surface area contributed by atoms with E-state index in [4.69, 9.17) is 9.97 Å². The molecule has 1 N–H and O–H groups in total. The molecule has 3 aromatic heterocycles. The molecule has 0 atom stereocenters. The SMILES string of the molecule is C=C(C)CNc1nccc(-c2c(-c3ccc(F)cc3)nc3cc(CN4CCN(C)CC4)ccn23)n1. The summed E-state index contributed by atoms with van der Waals surface area (Å²) in [6.07, 6.45) is 3.79. The number of nitrogens with one attached hydrogen (secondary N) is 1. The topological polar surface area (TPSA) is 61.6 Å². The van der Waals surface area contributed by atoms with Crippen molar-refractivity contribution in [3.8, 4) is 22.6 Å². The van der Waals surface area contributed by atoms with E-state index in [0.717, 1.165) is 66.6 Å². The van der Waals surface area contributed by atoms with Gasteiger partial charge in [-0.25, -0.2) is 19.3 Å². The number of hydrogen-bond acceptors (Lipinski definition) is 6. The van der Waals surface area contributed by atoms with Gasteiger partial charge in [-0.05, 0) is 62.0 Å². The lowest BCUT2D eigenvalue weighted by atomic mass is 10.1. The van der Waals surface area contributed by atoms with Gasteiger partial charge in [0, 0.05) is 57.2 Å². The predicted molar refractivity (Wildman–Crippen MR) is 138 cm³/mol. The van der Waals surface area contributed by atoms with Gasteiger partial charge in [-0.3, -0.25) is 9.30 Å². The number of halogens is 1. The molecule has 0 aliphatic carbocycles. The summed E-state index contributed by atoms with van der Waals surface area (Å²) >= 11 is 0. The van der Waals surface area contributed by atoms with Crippen molar-refractivity contribution in [1.29, 1.82) is 0 Å². The fraction of sp³-hybridized carbons (Fsp3) is 0.296. The lowest BCUT2D eigenvalue weighted by Crippen LogP contribution is -2.43. The lowest BCUT2D eigenvalue weighted by molar-refractivity contribution is 0.148. The van der Waals surface area contributed by atoms with E-state index in [0.29, 0.717) is 12.5 Å². The van der Waals surface area contributed by atoms with Crippen molar-refractivity contribution in [2.45, 2.75) is 13.5 Å². The van der Waals surface area contributed by atoms with E-state index in [1.165, 1.54) is 17.7 Å². The van der Waals surface area contributed by atoms with E-state index >= 15 is 0 Å². The molecule has 7 nitrogen and oxygen atoms in total. The maximum absolute atomic E-state index is 13.7. The molecule has 4 aromatic rings. The molecular weight excluding hydrogens is 441 g/mol. The van der Waals surface area contributed by atoms with Gasteiger partial charge in [0.1, 0.15) is 11.5 Å². The molecule has 0 spiro atoms. The molecule has 1 saturated heterocycles. The summed E-state index contributed by atoms with van der Waals surface area (Å²) in [5.41, 5.74) is 6.22. The van der Waals surface area contributed by atoms with Crippen LogP contribution in [0.25, 0.3) is 28.3 Å². The van der Waals surface area contributed by atoms with Crippen LogP contribution in [0.3, 0.4) is 0 Å². The number of rotatable bonds is 7.